The third kappa shape index (κ3) is 4.80. The zero-order valence-corrected chi connectivity index (χ0v) is 13.4. The van der Waals surface area contributed by atoms with Gasteiger partial charge in [0.05, 0.1) is 18.7 Å². The Morgan fingerprint density at radius 2 is 2.21 bits per heavy atom. The van der Waals surface area contributed by atoms with Gasteiger partial charge in [0.2, 0.25) is 0 Å². The number of rotatable bonds is 6. The smallest absolute Gasteiger partial charge is 0.307 e. The molecule has 0 atom stereocenters. The van der Waals surface area contributed by atoms with E-state index >= 15 is 0 Å². The Labute approximate surface area is 127 Å². The summed E-state index contributed by atoms with van der Waals surface area (Å²) in [4.78, 5) is 13.7. The monoisotopic (exact) mass is 344 g/mol. The fraction of sp³-hybridized carbons (Fsp3) is 0.385. The van der Waals surface area contributed by atoms with Crippen LogP contribution in [0, 0.1) is 0 Å². The van der Waals surface area contributed by atoms with Gasteiger partial charge >= 0.3 is 5.97 Å². The van der Waals surface area contributed by atoms with Crippen molar-refractivity contribution >= 4 is 44.8 Å². The van der Waals surface area contributed by atoms with Gasteiger partial charge in [-0.3, -0.25) is 4.79 Å². The second-order valence-corrected chi connectivity index (χ2v) is 5.30. The lowest BCUT2D eigenvalue weighted by atomic mass is 10.2. The maximum absolute atomic E-state index is 11.3. The summed E-state index contributed by atoms with van der Waals surface area (Å²) in [7, 11) is 1.92. The number of nitrogens with zero attached hydrogens (tertiary/aromatic N) is 1. The number of hydrogen-bond acceptors (Lipinski definition) is 4. The van der Waals surface area contributed by atoms with Gasteiger partial charge in [0, 0.05) is 23.6 Å². The van der Waals surface area contributed by atoms with Crippen molar-refractivity contribution in [3.05, 3.63) is 28.2 Å². The highest BCUT2D eigenvalue weighted by atomic mass is 79.9. The molecule has 1 rings (SSSR count). The van der Waals surface area contributed by atoms with Crippen molar-refractivity contribution in [1.82, 2.24) is 0 Å². The number of carbonyl (C=O) groups is 1. The fourth-order valence-corrected chi connectivity index (χ4v) is 2.39. The molecule has 0 radical (unpaired) electrons. The van der Waals surface area contributed by atoms with Crippen LogP contribution in [0.25, 0.3) is 0 Å². The Morgan fingerprint density at radius 1 is 1.53 bits per heavy atom. The molecule has 0 aliphatic carbocycles. The Balaban J connectivity index is 2.69. The maximum Gasteiger partial charge on any atom is 0.307 e. The van der Waals surface area contributed by atoms with Crippen LogP contribution in [0.3, 0.4) is 0 Å². The number of thiocarbonyl (C=S) groups is 1. The first-order chi connectivity index (χ1) is 8.95. The van der Waals surface area contributed by atoms with E-state index < -0.39 is 0 Å². The molecule has 6 heteroatoms. The number of carbonyl (C=O) groups excluding carboxylic acids is 1. The van der Waals surface area contributed by atoms with Crippen LogP contribution in [-0.2, 0) is 9.53 Å². The summed E-state index contributed by atoms with van der Waals surface area (Å²) in [5.74, 6) is -0.190. The molecule has 0 heterocycles. The van der Waals surface area contributed by atoms with Gasteiger partial charge in [-0.15, -0.1) is 0 Å². The van der Waals surface area contributed by atoms with E-state index in [1.165, 1.54) is 0 Å². The van der Waals surface area contributed by atoms with Gasteiger partial charge in [0.1, 0.15) is 4.99 Å². The molecule has 4 nitrogen and oxygen atoms in total. The van der Waals surface area contributed by atoms with Crippen molar-refractivity contribution in [2.24, 2.45) is 5.73 Å². The molecule has 0 saturated heterocycles. The zero-order valence-electron chi connectivity index (χ0n) is 11.0. The maximum atomic E-state index is 11.3. The molecule has 0 fully saturated rings. The van der Waals surface area contributed by atoms with E-state index in [2.05, 4.69) is 15.9 Å². The second kappa shape index (κ2) is 7.45. The molecule has 1 aromatic rings. The summed E-state index contributed by atoms with van der Waals surface area (Å²) in [6.45, 7) is 2.80. The fourth-order valence-electron chi connectivity index (χ4n) is 1.58. The molecule has 0 aliphatic rings. The lowest BCUT2D eigenvalue weighted by Gasteiger charge is -2.20. The van der Waals surface area contributed by atoms with E-state index in [1.807, 2.05) is 30.1 Å². The molecule has 0 aromatic heterocycles. The number of benzene rings is 1. The Morgan fingerprint density at radius 3 is 2.74 bits per heavy atom. The highest BCUT2D eigenvalue weighted by Crippen LogP contribution is 2.26. The van der Waals surface area contributed by atoms with Crippen molar-refractivity contribution in [3.63, 3.8) is 0 Å². The van der Waals surface area contributed by atoms with Crippen molar-refractivity contribution in [2.75, 3.05) is 25.1 Å². The van der Waals surface area contributed by atoms with Crippen LogP contribution in [0.2, 0.25) is 0 Å². The van der Waals surface area contributed by atoms with Crippen molar-refractivity contribution in [1.29, 1.82) is 0 Å². The Hall–Kier alpha value is -1.14. The predicted molar refractivity (Wildman–Crippen MR) is 84.5 cm³/mol. The first kappa shape index (κ1) is 15.9. The third-order valence-electron chi connectivity index (χ3n) is 2.60. The van der Waals surface area contributed by atoms with Gasteiger partial charge in [-0.05, 0) is 41.1 Å². The number of nitrogens with two attached hydrogens (primary N) is 1. The van der Waals surface area contributed by atoms with Crippen LogP contribution in [0.1, 0.15) is 18.9 Å². The van der Waals surface area contributed by atoms with Crippen LogP contribution in [0.4, 0.5) is 5.69 Å². The predicted octanol–water partition coefficient (Wildman–Crippen LogP) is 2.47. The van der Waals surface area contributed by atoms with Gasteiger partial charge in [-0.2, -0.15) is 0 Å². The van der Waals surface area contributed by atoms with Crippen molar-refractivity contribution in [3.8, 4) is 0 Å². The first-order valence-corrected chi connectivity index (χ1v) is 7.12. The zero-order chi connectivity index (χ0) is 14.4. The van der Waals surface area contributed by atoms with Crippen LogP contribution < -0.4 is 10.6 Å². The average molecular weight is 345 g/mol. The topological polar surface area (TPSA) is 55.6 Å². The number of anilines is 1. The lowest BCUT2D eigenvalue weighted by molar-refractivity contribution is -0.142. The molecule has 104 valence electrons. The van der Waals surface area contributed by atoms with E-state index in [9.17, 15) is 4.79 Å². The van der Waals surface area contributed by atoms with Crippen LogP contribution >= 0.6 is 28.1 Å². The van der Waals surface area contributed by atoms with E-state index in [-0.39, 0.29) is 5.97 Å². The first-order valence-electron chi connectivity index (χ1n) is 5.91. The van der Waals surface area contributed by atoms with E-state index in [1.54, 1.807) is 6.92 Å². The van der Waals surface area contributed by atoms with E-state index in [0.29, 0.717) is 24.6 Å². The number of halogens is 1. The SMILES string of the molecule is CCOC(=O)CCN(C)c1ccc(C(N)=S)cc1Br. The minimum atomic E-state index is -0.190. The van der Waals surface area contributed by atoms with Crippen molar-refractivity contribution in [2.45, 2.75) is 13.3 Å². The summed E-state index contributed by atoms with van der Waals surface area (Å²) < 4.78 is 5.79. The number of ether oxygens (including phenoxy) is 1. The van der Waals surface area contributed by atoms with Crippen LogP contribution in [0.15, 0.2) is 22.7 Å². The quantitative estimate of drug-likeness (QED) is 0.634. The molecule has 0 spiro atoms. The normalized spacial score (nSPS) is 10.1. The molecule has 0 amide bonds. The van der Waals surface area contributed by atoms with Gasteiger partial charge in [-0.25, -0.2) is 0 Å². The Kier molecular flexibility index (Phi) is 6.24. The summed E-state index contributed by atoms with van der Waals surface area (Å²) in [5.41, 5.74) is 7.36. The lowest BCUT2D eigenvalue weighted by Crippen LogP contribution is -2.22. The van der Waals surface area contributed by atoms with E-state index in [4.69, 9.17) is 22.7 Å². The summed E-state index contributed by atoms with van der Waals surface area (Å²) in [5, 5.41) is 0. The highest BCUT2D eigenvalue weighted by Gasteiger charge is 2.10. The standard InChI is InChI=1S/C13H17BrN2O2S/c1-3-18-12(17)6-7-16(2)11-5-4-9(13(15)19)8-10(11)14/h4-5,8H,3,6-7H2,1-2H3,(H2,15,19). The molecule has 2 N–H and O–H groups in total. The molecule has 0 saturated carbocycles. The molecule has 1 aromatic carbocycles. The molecular weight excluding hydrogens is 328 g/mol. The van der Waals surface area contributed by atoms with Gasteiger partial charge in [-0.1, -0.05) is 12.2 Å². The van der Waals surface area contributed by atoms with Gasteiger partial charge in [0.15, 0.2) is 0 Å². The number of esters is 1. The van der Waals surface area contributed by atoms with Gasteiger partial charge < -0.3 is 15.4 Å². The summed E-state index contributed by atoms with van der Waals surface area (Å²) in [6, 6.07) is 5.66. The van der Waals surface area contributed by atoms with E-state index in [0.717, 1.165) is 15.7 Å². The minimum Gasteiger partial charge on any atom is -0.466 e. The molecule has 0 aliphatic heterocycles. The van der Waals surface area contributed by atoms with Crippen LogP contribution in [-0.4, -0.2) is 31.2 Å². The molecule has 19 heavy (non-hydrogen) atoms. The summed E-state index contributed by atoms with van der Waals surface area (Å²) in [6.07, 6.45) is 0.355. The third-order valence-corrected chi connectivity index (χ3v) is 3.47. The molecule has 0 bridgehead atoms. The van der Waals surface area contributed by atoms with Crippen molar-refractivity contribution < 1.29 is 9.53 Å². The summed E-state index contributed by atoms with van der Waals surface area (Å²) >= 11 is 8.41. The second-order valence-electron chi connectivity index (χ2n) is 4.01. The van der Waals surface area contributed by atoms with Crippen LogP contribution in [0.5, 0.6) is 0 Å². The highest BCUT2D eigenvalue weighted by molar-refractivity contribution is 9.10. The number of hydrogen-bond donors (Lipinski definition) is 1. The largest absolute Gasteiger partial charge is 0.466 e. The van der Waals surface area contributed by atoms with Gasteiger partial charge in [0.25, 0.3) is 0 Å². The molecular formula is C13H17BrN2O2S. The minimum absolute atomic E-state index is 0.190. The average Bonchev–Trinajstić information content (AvgIpc) is 2.36. The molecule has 0 unspecified atom stereocenters. The Bertz CT molecular complexity index is 480.